The van der Waals surface area contributed by atoms with Crippen LogP contribution in [0.1, 0.15) is 33.7 Å². The van der Waals surface area contributed by atoms with Crippen LogP contribution in [0, 0.1) is 6.92 Å². The average Bonchev–Trinajstić information content (AvgIpc) is 3.13. The van der Waals surface area contributed by atoms with Gasteiger partial charge in [-0.2, -0.15) is 0 Å². The lowest BCUT2D eigenvalue weighted by molar-refractivity contribution is -0.127. The molecule has 3 aromatic rings. The van der Waals surface area contributed by atoms with Gasteiger partial charge in [0, 0.05) is 34.0 Å². The fraction of sp³-hybridized carbons (Fsp3) is 0.250. The Kier molecular flexibility index (Phi) is 5.49. The molecule has 0 aliphatic carbocycles. The van der Waals surface area contributed by atoms with Gasteiger partial charge in [0.05, 0.1) is 13.2 Å². The Labute approximate surface area is 175 Å². The van der Waals surface area contributed by atoms with Gasteiger partial charge in [-0.25, -0.2) is 4.98 Å². The third kappa shape index (κ3) is 3.70. The van der Waals surface area contributed by atoms with Crippen LogP contribution in [0.5, 0.6) is 5.88 Å². The van der Waals surface area contributed by atoms with E-state index in [0.29, 0.717) is 25.6 Å². The molecule has 1 aliphatic heterocycles. The lowest BCUT2D eigenvalue weighted by atomic mass is 9.84. The molecule has 1 aliphatic rings. The molecule has 1 aromatic carbocycles. The molecule has 2 aromatic heterocycles. The minimum atomic E-state index is -0.0273. The van der Waals surface area contributed by atoms with Crippen LogP contribution in [0.4, 0.5) is 0 Å². The van der Waals surface area contributed by atoms with Gasteiger partial charge in [-0.3, -0.25) is 4.79 Å². The largest absolute Gasteiger partial charge is 0.478 e. The molecule has 0 fully saturated rings. The number of hydrogen-bond donors (Lipinski definition) is 0. The number of fused-ring (bicyclic) bond motifs is 1. The highest BCUT2D eigenvalue weighted by molar-refractivity contribution is 7.12. The maximum Gasteiger partial charge on any atom is 0.246 e. The van der Waals surface area contributed by atoms with Crippen LogP contribution in [-0.2, 0) is 11.3 Å². The number of pyridine rings is 1. The Bertz CT molecular complexity index is 1060. The van der Waals surface area contributed by atoms with Crippen molar-refractivity contribution in [3.63, 3.8) is 0 Å². The van der Waals surface area contributed by atoms with E-state index in [0.717, 1.165) is 11.1 Å². The summed E-state index contributed by atoms with van der Waals surface area (Å²) in [5, 5.41) is 0. The number of aromatic nitrogens is 1. The van der Waals surface area contributed by atoms with Crippen molar-refractivity contribution < 1.29 is 9.53 Å². The topological polar surface area (TPSA) is 42.4 Å². The summed E-state index contributed by atoms with van der Waals surface area (Å²) >= 11 is 1.77. The lowest BCUT2D eigenvalue weighted by Gasteiger charge is -2.33. The highest BCUT2D eigenvalue weighted by Gasteiger charge is 2.31. The molecule has 148 valence electrons. The van der Waals surface area contributed by atoms with Crippen LogP contribution >= 0.6 is 11.3 Å². The van der Waals surface area contributed by atoms with Gasteiger partial charge in [0.25, 0.3) is 0 Å². The van der Waals surface area contributed by atoms with Gasteiger partial charge < -0.3 is 9.64 Å². The van der Waals surface area contributed by atoms with E-state index in [4.69, 9.17) is 4.74 Å². The first-order valence-corrected chi connectivity index (χ1v) is 10.6. The third-order valence-corrected chi connectivity index (χ3v) is 6.29. The Morgan fingerprint density at radius 2 is 2.07 bits per heavy atom. The number of carbonyl (C=O) groups excluding carboxylic acids is 1. The number of nitrogens with zero attached hydrogens (tertiary/aromatic N) is 2. The molecule has 1 amide bonds. The number of rotatable bonds is 5. The Hall–Kier alpha value is -2.92. The summed E-state index contributed by atoms with van der Waals surface area (Å²) in [6.45, 7) is 9.61. The first kappa shape index (κ1) is 19.4. The smallest absolute Gasteiger partial charge is 0.246 e. The predicted octanol–water partition coefficient (Wildman–Crippen LogP) is 5.18. The van der Waals surface area contributed by atoms with Gasteiger partial charge in [0.2, 0.25) is 11.8 Å². The van der Waals surface area contributed by atoms with Crippen LogP contribution in [0.25, 0.3) is 11.1 Å². The second-order valence-electron chi connectivity index (χ2n) is 7.09. The van der Waals surface area contributed by atoms with Crippen molar-refractivity contribution in [1.29, 1.82) is 0 Å². The van der Waals surface area contributed by atoms with Crippen LogP contribution in [0.2, 0.25) is 0 Å². The molecule has 4 nitrogen and oxygen atoms in total. The molecule has 5 heteroatoms. The van der Waals surface area contributed by atoms with Gasteiger partial charge in [-0.15, -0.1) is 11.3 Å². The summed E-state index contributed by atoms with van der Waals surface area (Å²) in [4.78, 5) is 21.3. The highest BCUT2D eigenvalue weighted by atomic mass is 32.1. The Morgan fingerprint density at radius 1 is 1.28 bits per heavy atom. The van der Waals surface area contributed by atoms with Gasteiger partial charge in [-0.1, -0.05) is 30.8 Å². The monoisotopic (exact) mass is 404 g/mol. The molecular weight excluding hydrogens is 380 g/mol. The number of benzene rings is 1. The summed E-state index contributed by atoms with van der Waals surface area (Å²) in [6, 6.07) is 14.6. The number of hydrogen-bond acceptors (Lipinski definition) is 4. The fourth-order valence-electron chi connectivity index (χ4n) is 4.01. The Balaban J connectivity index is 1.85. The maximum absolute atomic E-state index is 12.4. The second-order valence-corrected chi connectivity index (χ2v) is 8.43. The Morgan fingerprint density at radius 3 is 2.86 bits per heavy atom. The molecule has 0 bridgehead atoms. The summed E-state index contributed by atoms with van der Waals surface area (Å²) < 4.78 is 5.80. The third-order valence-electron chi connectivity index (χ3n) is 5.24. The number of thiophene rings is 1. The van der Waals surface area contributed by atoms with Crippen molar-refractivity contribution in [2.45, 2.75) is 26.3 Å². The minimum Gasteiger partial charge on any atom is -0.478 e. The summed E-state index contributed by atoms with van der Waals surface area (Å²) in [7, 11) is 0. The number of ether oxygens (including phenoxy) is 1. The SMILES string of the molecule is C=CC(=O)N1Cc2sc(C)cc2[C@@H](c2ccccc2-c2cccnc2OCC)C1. The van der Waals surface area contributed by atoms with E-state index in [-0.39, 0.29) is 11.8 Å². The molecule has 0 N–H and O–H groups in total. The number of amides is 1. The fourth-order valence-corrected chi connectivity index (χ4v) is 5.13. The van der Waals surface area contributed by atoms with Crippen LogP contribution in [-0.4, -0.2) is 28.9 Å². The van der Waals surface area contributed by atoms with E-state index in [1.807, 2.05) is 30.0 Å². The van der Waals surface area contributed by atoms with E-state index in [1.165, 1.54) is 27.0 Å². The van der Waals surface area contributed by atoms with Crippen molar-refractivity contribution in [1.82, 2.24) is 9.88 Å². The van der Waals surface area contributed by atoms with Crippen LogP contribution < -0.4 is 4.74 Å². The zero-order chi connectivity index (χ0) is 20.4. The predicted molar refractivity (Wildman–Crippen MR) is 117 cm³/mol. The summed E-state index contributed by atoms with van der Waals surface area (Å²) in [5.74, 6) is 0.707. The first-order valence-electron chi connectivity index (χ1n) is 9.80. The zero-order valence-electron chi connectivity index (χ0n) is 16.7. The minimum absolute atomic E-state index is 0.0273. The van der Waals surface area contributed by atoms with Crippen LogP contribution in [0.3, 0.4) is 0 Å². The molecule has 4 rings (SSSR count). The standard InChI is InChI=1S/C24H24N2O2S/c1-4-23(27)26-14-21(20-13-16(3)29-22(20)15-26)18-10-7-6-9-17(18)19-11-8-12-25-24(19)28-5-2/h4,6-13,21H,1,5,14-15H2,2-3H3/t21-/m1/s1. The van der Waals surface area contributed by atoms with E-state index >= 15 is 0 Å². The van der Waals surface area contributed by atoms with E-state index in [1.54, 1.807) is 17.5 Å². The molecular formula is C24H24N2O2S. The second kappa shape index (κ2) is 8.21. The van der Waals surface area contributed by atoms with Crippen molar-refractivity contribution in [2.24, 2.45) is 0 Å². The molecule has 0 saturated carbocycles. The number of carbonyl (C=O) groups is 1. The maximum atomic E-state index is 12.4. The molecule has 1 atom stereocenters. The summed E-state index contributed by atoms with van der Waals surface area (Å²) in [6.07, 6.45) is 3.16. The molecule has 0 saturated heterocycles. The van der Waals surface area contributed by atoms with E-state index in [2.05, 4.69) is 42.8 Å². The molecule has 0 radical (unpaired) electrons. The van der Waals surface area contributed by atoms with Gasteiger partial charge in [0.15, 0.2) is 0 Å². The van der Waals surface area contributed by atoms with Gasteiger partial charge in [0.1, 0.15) is 0 Å². The van der Waals surface area contributed by atoms with Crippen molar-refractivity contribution in [2.75, 3.05) is 13.2 Å². The van der Waals surface area contributed by atoms with Crippen molar-refractivity contribution in [3.8, 4) is 17.0 Å². The average molecular weight is 405 g/mol. The zero-order valence-corrected chi connectivity index (χ0v) is 17.5. The van der Waals surface area contributed by atoms with Crippen LogP contribution in [0.15, 0.2) is 61.3 Å². The molecule has 29 heavy (non-hydrogen) atoms. The van der Waals surface area contributed by atoms with Gasteiger partial charge >= 0.3 is 0 Å². The molecule has 0 spiro atoms. The van der Waals surface area contributed by atoms with Crippen molar-refractivity contribution in [3.05, 3.63) is 82.2 Å². The lowest BCUT2D eigenvalue weighted by Crippen LogP contribution is -2.37. The van der Waals surface area contributed by atoms with E-state index in [9.17, 15) is 4.79 Å². The van der Waals surface area contributed by atoms with E-state index < -0.39 is 0 Å². The van der Waals surface area contributed by atoms with Crippen molar-refractivity contribution >= 4 is 17.2 Å². The van der Waals surface area contributed by atoms with Gasteiger partial charge in [-0.05, 0) is 54.8 Å². The highest BCUT2D eigenvalue weighted by Crippen LogP contribution is 2.42. The number of aryl methyl sites for hydroxylation is 1. The molecule has 3 heterocycles. The first-order chi connectivity index (χ1) is 14.1. The normalized spacial score (nSPS) is 15.7. The quantitative estimate of drug-likeness (QED) is 0.551. The summed E-state index contributed by atoms with van der Waals surface area (Å²) in [5.41, 5.74) is 4.57. The molecule has 0 unspecified atom stereocenters.